The van der Waals surface area contributed by atoms with E-state index in [0.717, 1.165) is 22.0 Å². The molecule has 0 N–H and O–H groups in total. The first-order chi connectivity index (χ1) is 9.52. The second-order valence-electron chi connectivity index (χ2n) is 4.61. The number of carbonyl (C=O) groups excluding carboxylic acids is 1. The van der Waals surface area contributed by atoms with Crippen molar-refractivity contribution in [3.63, 3.8) is 0 Å². The van der Waals surface area contributed by atoms with Gasteiger partial charge in [0.05, 0.1) is 0 Å². The molecule has 20 heavy (non-hydrogen) atoms. The highest BCUT2D eigenvalue weighted by atomic mass is 79.9. The van der Waals surface area contributed by atoms with Gasteiger partial charge in [-0.15, -0.1) is 0 Å². The van der Waals surface area contributed by atoms with Crippen molar-refractivity contribution in [2.45, 2.75) is 26.7 Å². The summed E-state index contributed by atoms with van der Waals surface area (Å²) in [5.41, 5.74) is 1.20. The predicted octanol–water partition coefficient (Wildman–Crippen LogP) is 4.22. The fraction of sp³-hybridized carbons (Fsp3) is 0.250. The van der Waals surface area contributed by atoms with Crippen LogP contribution in [0.2, 0.25) is 0 Å². The molecule has 0 aliphatic heterocycles. The average molecular weight is 335 g/mol. The Bertz CT molecular complexity index is 684. The highest BCUT2D eigenvalue weighted by molar-refractivity contribution is 9.10. The van der Waals surface area contributed by atoms with E-state index in [1.165, 1.54) is 6.92 Å². The van der Waals surface area contributed by atoms with E-state index in [4.69, 9.17) is 4.42 Å². The van der Waals surface area contributed by atoms with Gasteiger partial charge in [-0.1, -0.05) is 41.4 Å². The van der Waals surface area contributed by atoms with Gasteiger partial charge >= 0.3 is 5.63 Å². The van der Waals surface area contributed by atoms with E-state index in [1.54, 1.807) is 6.07 Å². The number of aryl methyl sites for hydroxylation is 1. The molecule has 2 rings (SSSR count). The van der Waals surface area contributed by atoms with Crippen molar-refractivity contribution >= 4 is 21.7 Å². The number of halogens is 1. The van der Waals surface area contributed by atoms with E-state index in [0.29, 0.717) is 12.2 Å². The molecule has 0 bridgehead atoms. The maximum atomic E-state index is 12.0. The van der Waals surface area contributed by atoms with Crippen molar-refractivity contribution in [3.05, 3.63) is 56.4 Å². The van der Waals surface area contributed by atoms with Crippen LogP contribution in [0, 0.1) is 0 Å². The summed E-state index contributed by atoms with van der Waals surface area (Å²) in [5, 5.41) is 0. The van der Waals surface area contributed by atoms with Gasteiger partial charge in [0.1, 0.15) is 11.3 Å². The van der Waals surface area contributed by atoms with Crippen LogP contribution in [-0.4, -0.2) is 5.78 Å². The summed E-state index contributed by atoms with van der Waals surface area (Å²) < 4.78 is 6.25. The van der Waals surface area contributed by atoms with E-state index in [1.807, 2.05) is 31.2 Å². The monoisotopic (exact) mass is 334 g/mol. The summed E-state index contributed by atoms with van der Waals surface area (Å²) in [4.78, 5) is 23.6. The molecule has 4 heteroatoms. The quantitative estimate of drug-likeness (QED) is 0.786. The van der Waals surface area contributed by atoms with Gasteiger partial charge in [-0.3, -0.25) is 4.79 Å². The minimum Gasteiger partial charge on any atom is -0.422 e. The van der Waals surface area contributed by atoms with E-state index >= 15 is 0 Å². The summed E-state index contributed by atoms with van der Waals surface area (Å²) >= 11 is 3.37. The lowest BCUT2D eigenvalue weighted by Crippen LogP contribution is -2.15. The van der Waals surface area contributed by atoms with Crippen LogP contribution in [0.4, 0.5) is 0 Å². The molecule has 1 aromatic carbocycles. The lowest BCUT2D eigenvalue weighted by atomic mass is 10.0. The summed E-state index contributed by atoms with van der Waals surface area (Å²) in [7, 11) is 0. The maximum Gasteiger partial charge on any atom is 0.347 e. The number of benzene rings is 1. The summed E-state index contributed by atoms with van der Waals surface area (Å²) in [6.45, 7) is 3.41. The molecule has 104 valence electrons. The average Bonchev–Trinajstić information content (AvgIpc) is 2.38. The zero-order valence-electron chi connectivity index (χ0n) is 11.4. The van der Waals surface area contributed by atoms with Crippen molar-refractivity contribution in [1.82, 2.24) is 0 Å². The fourth-order valence-electron chi connectivity index (χ4n) is 2.13. The van der Waals surface area contributed by atoms with Gasteiger partial charge in [-0.05, 0) is 37.1 Å². The third kappa shape index (κ3) is 3.07. The van der Waals surface area contributed by atoms with Gasteiger partial charge in [0, 0.05) is 10.0 Å². The number of hydrogen-bond donors (Lipinski definition) is 0. The Morgan fingerprint density at radius 1 is 1.25 bits per heavy atom. The normalized spacial score (nSPS) is 10.6. The van der Waals surface area contributed by atoms with E-state index < -0.39 is 5.63 Å². The molecule has 0 atom stereocenters. The zero-order chi connectivity index (χ0) is 14.7. The van der Waals surface area contributed by atoms with Gasteiger partial charge in [0.2, 0.25) is 0 Å². The van der Waals surface area contributed by atoms with Crippen molar-refractivity contribution in [2.24, 2.45) is 0 Å². The topological polar surface area (TPSA) is 47.3 Å². The lowest BCUT2D eigenvalue weighted by Gasteiger charge is -2.07. The number of ketones is 1. The highest BCUT2D eigenvalue weighted by Gasteiger charge is 2.16. The molecule has 0 saturated heterocycles. The van der Waals surface area contributed by atoms with Crippen LogP contribution in [0.3, 0.4) is 0 Å². The molecule has 0 spiro atoms. The van der Waals surface area contributed by atoms with Gasteiger partial charge in [0.15, 0.2) is 5.78 Å². The molecular formula is C16H15BrO3. The summed E-state index contributed by atoms with van der Waals surface area (Å²) in [6, 6.07) is 9.29. The number of rotatable bonds is 4. The molecule has 0 saturated carbocycles. The van der Waals surface area contributed by atoms with Gasteiger partial charge in [0.25, 0.3) is 0 Å². The number of hydrogen-bond acceptors (Lipinski definition) is 3. The predicted molar refractivity (Wildman–Crippen MR) is 82.1 cm³/mol. The first-order valence-electron chi connectivity index (χ1n) is 6.46. The molecule has 0 aliphatic carbocycles. The van der Waals surface area contributed by atoms with Crippen molar-refractivity contribution in [1.29, 1.82) is 0 Å². The number of carbonyl (C=O) groups is 1. The van der Waals surface area contributed by atoms with Crippen LogP contribution in [0.15, 0.2) is 44.0 Å². The third-order valence-corrected chi connectivity index (χ3v) is 3.56. The highest BCUT2D eigenvalue weighted by Crippen LogP contribution is 2.23. The SMILES string of the molecule is CCCc1cc(-c2ccc(Br)cc2)oc(=O)c1C(C)=O. The Kier molecular flexibility index (Phi) is 4.55. The van der Waals surface area contributed by atoms with Crippen molar-refractivity contribution in [3.8, 4) is 11.3 Å². The summed E-state index contributed by atoms with van der Waals surface area (Å²) in [5.74, 6) is 0.250. The lowest BCUT2D eigenvalue weighted by molar-refractivity contribution is 0.101. The molecule has 1 heterocycles. The molecule has 0 aliphatic rings. The van der Waals surface area contributed by atoms with Crippen LogP contribution in [0.1, 0.15) is 36.2 Å². The fourth-order valence-corrected chi connectivity index (χ4v) is 2.40. The Morgan fingerprint density at radius 2 is 1.90 bits per heavy atom. The molecule has 0 amide bonds. The summed E-state index contributed by atoms with van der Waals surface area (Å²) in [6.07, 6.45) is 1.55. The van der Waals surface area contributed by atoms with Gasteiger partial charge in [-0.25, -0.2) is 4.79 Å². The van der Waals surface area contributed by atoms with Gasteiger partial charge < -0.3 is 4.42 Å². The second-order valence-corrected chi connectivity index (χ2v) is 5.53. The first kappa shape index (κ1) is 14.7. The van der Waals surface area contributed by atoms with Crippen LogP contribution < -0.4 is 5.63 Å². The van der Waals surface area contributed by atoms with E-state index in [2.05, 4.69) is 15.9 Å². The van der Waals surface area contributed by atoms with Gasteiger partial charge in [-0.2, -0.15) is 0 Å². The third-order valence-electron chi connectivity index (χ3n) is 3.03. The standard InChI is InChI=1S/C16H15BrO3/c1-3-4-12-9-14(11-5-7-13(17)8-6-11)20-16(19)15(12)10(2)18/h5-9H,3-4H2,1-2H3. The number of Topliss-reactive ketones (excluding diaryl/α,β-unsaturated/α-hetero) is 1. The molecule has 0 radical (unpaired) electrons. The Morgan fingerprint density at radius 3 is 2.45 bits per heavy atom. The Labute approximate surface area is 125 Å². The van der Waals surface area contributed by atoms with Crippen molar-refractivity contribution < 1.29 is 9.21 Å². The van der Waals surface area contributed by atoms with Crippen LogP contribution >= 0.6 is 15.9 Å². The van der Waals surface area contributed by atoms with E-state index in [9.17, 15) is 9.59 Å². The minimum absolute atomic E-state index is 0.174. The maximum absolute atomic E-state index is 12.0. The largest absolute Gasteiger partial charge is 0.422 e. The second kappa shape index (κ2) is 6.18. The minimum atomic E-state index is -0.554. The molecule has 1 aromatic heterocycles. The zero-order valence-corrected chi connectivity index (χ0v) is 13.0. The smallest absolute Gasteiger partial charge is 0.347 e. The first-order valence-corrected chi connectivity index (χ1v) is 7.26. The van der Waals surface area contributed by atoms with Crippen LogP contribution in [0.25, 0.3) is 11.3 Å². The molecule has 0 unspecified atom stereocenters. The van der Waals surface area contributed by atoms with Crippen molar-refractivity contribution in [2.75, 3.05) is 0 Å². The molecule has 0 fully saturated rings. The molecule has 2 aromatic rings. The Balaban J connectivity index is 2.59. The Hall–Kier alpha value is -1.68. The van der Waals surface area contributed by atoms with Crippen LogP contribution in [0.5, 0.6) is 0 Å². The molecular weight excluding hydrogens is 320 g/mol. The molecule has 3 nitrogen and oxygen atoms in total. The van der Waals surface area contributed by atoms with E-state index in [-0.39, 0.29) is 11.3 Å². The van der Waals surface area contributed by atoms with Crippen LogP contribution in [-0.2, 0) is 6.42 Å².